The van der Waals surface area contributed by atoms with Crippen molar-refractivity contribution >= 4 is 10.7 Å². The largest absolute Gasteiger partial charge is 0.451 e. The molecule has 0 heterocycles. The molecule has 3 nitrogen and oxygen atoms in total. The Hall–Kier alpha value is -0.370. The monoisotopic (exact) mass is 181 g/mol. The summed E-state index contributed by atoms with van der Waals surface area (Å²) in [5.74, 6) is 0. The van der Waals surface area contributed by atoms with Crippen LogP contribution in [0.2, 0.25) is 0 Å². The first-order valence-corrected chi connectivity index (χ1v) is 3.06. The second kappa shape index (κ2) is 2.35. The molecule has 0 aliphatic carbocycles. The molecule has 0 amide bonds. The highest BCUT2D eigenvalue weighted by Gasteiger charge is 2.56. The van der Waals surface area contributed by atoms with E-state index in [1.165, 1.54) is 0 Å². The Balaban J connectivity index is 4.75. The van der Waals surface area contributed by atoms with Crippen molar-refractivity contribution < 1.29 is 26.0 Å². The van der Waals surface area contributed by atoms with E-state index in [0.29, 0.717) is 0 Å². The normalized spacial score (nSPS) is 19.0. The van der Waals surface area contributed by atoms with E-state index in [0.717, 1.165) is 0 Å². The molecule has 0 radical (unpaired) electrons. The first kappa shape index (κ1) is 9.63. The number of hydrogen-bond donors (Lipinski definition) is 2. The van der Waals surface area contributed by atoms with Crippen LogP contribution in [0.15, 0.2) is 0 Å². The van der Waals surface area contributed by atoms with Crippen molar-refractivity contribution in [1.29, 1.82) is 0 Å². The van der Waals surface area contributed by atoms with Gasteiger partial charge in [0.2, 0.25) is 0 Å². The SMILES string of the molecule is NC(F)([SH](=O)=O)C(F)(F)F. The third-order valence-electron chi connectivity index (χ3n) is 0.663. The summed E-state index contributed by atoms with van der Waals surface area (Å²) in [5.41, 5.74) is 3.75. The average Bonchev–Trinajstić information content (AvgIpc) is 1.62. The van der Waals surface area contributed by atoms with Gasteiger partial charge in [0.1, 0.15) is 0 Å². The van der Waals surface area contributed by atoms with Crippen LogP contribution in [0, 0.1) is 0 Å². The van der Waals surface area contributed by atoms with Crippen molar-refractivity contribution in [3.8, 4) is 0 Å². The molecule has 8 heteroatoms. The van der Waals surface area contributed by atoms with Gasteiger partial charge >= 0.3 is 11.3 Å². The second-order valence-corrected chi connectivity index (χ2v) is 2.59. The number of nitrogens with two attached hydrogens (primary N) is 1. The molecule has 0 aromatic carbocycles. The van der Waals surface area contributed by atoms with Gasteiger partial charge in [0.25, 0.3) is 0 Å². The van der Waals surface area contributed by atoms with E-state index in [9.17, 15) is 26.0 Å². The summed E-state index contributed by atoms with van der Waals surface area (Å²) in [6.07, 6.45) is -5.57. The van der Waals surface area contributed by atoms with Crippen molar-refractivity contribution in [3.63, 3.8) is 0 Å². The van der Waals surface area contributed by atoms with Crippen LogP contribution in [0.3, 0.4) is 0 Å². The fourth-order valence-corrected chi connectivity index (χ4v) is 0.311. The summed E-state index contributed by atoms with van der Waals surface area (Å²) in [5, 5.41) is -4.61. The van der Waals surface area contributed by atoms with Crippen molar-refractivity contribution in [2.75, 3.05) is 0 Å². The van der Waals surface area contributed by atoms with Crippen molar-refractivity contribution in [2.24, 2.45) is 5.73 Å². The Kier molecular flexibility index (Phi) is 2.26. The molecule has 1 unspecified atom stereocenters. The van der Waals surface area contributed by atoms with Gasteiger partial charge in [-0.15, -0.1) is 0 Å². The summed E-state index contributed by atoms with van der Waals surface area (Å²) in [6.45, 7) is 0. The lowest BCUT2D eigenvalue weighted by molar-refractivity contribution is -0.194. The zero-order chi connectivity index (χ0) is 8.58. The zero-order valence-corrected chi connectivity index (χ0v) is 5.25. The van der Waals surface area contributed by atoms with Gasteiger partial charge in [-0.3, -0.25) is 5.73 Å². The number of rotatable bonds is 1. The maximum atomic E-state index is 11.8. The molecule has 0 spiro atoms. The maximum Gasteiger partial charge on any atom is 0.451 e. The highest BCUT2D eigenvalue weighted by Crippen LogP contribution is 2.29. The predicted octanol–water partition coefficient (Wildman–Crippen LogP) is -0.258. The third-order valence-corrected chi connectivity index (χ3v) is 1.45. The molecule has 62 valence electrons. The first-order chi connectivity index (χ1) is 4.19. The van der Waals surface area contributed by atoms with Crippen molar-refractivity contribution in [2.45, 2.75) is 11.3 Å². The molecule has 0 rings (SSSR count). The van der Waals surface area contributed by atoms with Crippen LogP contribution < -0.4 is 5.73 Å². The number of hydrogen-bond acceptors (Lipinski definition) is 3. The Labute approximate surface area is 54.8 Å². The molecule has 0 saturated heterocycles. The van der Waals surface area contributed by atoms with E-state index < -0.39 is 22.0 Å². The molecule has 1 atom stereocenters. The van der Waals surface area contributed by atoms with Gasteiger partial charge in [-0.2, -0.15) is 17.6 Å². The fourth-order valence-electron chi connectivity index (χ4n) is 0.104. The summed E-state index contributed by atoms with van der Waals surface area (Å²) in [4.78, 5) is 0. The molecular weight excluding hydrogens is 178 g/mol. The minimum Gasteiger partial charge on any atom is -0.278 e. The second-order valence-electron chi connectivity index (χ2n) is 1.43. The molecule has 10 heavy (non-hydrogen) atoms. The van der Waals surface area contributed by atoms with Gasteiger partial charge in [-0.25, -0.2) is 8.42 Å². The lowest BCUT2D eigenvalue weighted by atomic mass is 10.6. The summed E-state index contributed by atoms with van der Waals surface area (Å²) < 4.78 is 64.3. The summed E-state index contributed by atoms with van der Waals surface area (Å²) >= 11 is 0. The van der Waals surface area contributed by atoms with E-state index in [-0.39, 0.29) is 0 Å². The predicted molar refractivity (Wildman–Crippen MR) is 24.4 cm³/mol. The van der Waals surface area contributed by atoms with Crippen LogP contribution in [0.1, 0.15) is 0 Å². The van der Waals surface area contributed by atoms with E-state index in [1.54, 1.807) is 0 Å². The number of halogens is 4. The van der Waals surface area contributed by atoms with E-state index >= 15 is 0 Å². The zero-order valence-electron chi connectivity index (χ0n) is 4.35. The first-order valence-electron chi connectivity index (χ1n) is 1.88. The number of thiol groups is 1. The fraction of sp³-hybridized carbons (Fsp3) is 1.00. The highest BCUT2D eigenvalue weighted by molar-refractivity contribution is 7.73. The van der Waals surface area contributed by atoms with Crippen molar-refractivity contribution in [3.05, 3.63) is 0 Å². The minimum absolute atomic E-state index is 3.75. The van der Waals surface area contributed by atoms with Gasteiger partial charge in [0.15, 0.2) is 10.7 Å². The third kappa shape index (κ3) is 1.57. The van der Waals surface area contributed by atoms with Gasteiger partial charge < -0.3 is 0 Å². The van der Waals surface area contributed by atoms with Crippen LogP contribution >= 0.6 is 0 Å². The molecule has 0 aliphatic heterocycles. The van der Waals surface area contributed by atoms with Gasteiger partial charge in [0.05, 0.1) is 0 Å². The van der Waals surface area contributed by atoms with Gasteiger partial charge in [0, 0.05) is 0 Å². The Morgan fingerprint density at radius 2 is 1.40 bits per heavy atom. The lowest BCUT2D eigenvalue weighted by Crippen LogP contribution is -2.50. The Morgan fingerprint density at radius 1 is 1.10 bits per heavy atom. The average molecular weight is 181 g/mol. The Morgan fingerprint density at radius 3 is 1.40 bits per heavy atom. The smallest absolute Gasteiger partial charge is 0.278 e. The lowest BCUT2D eigenvalue weighted by Gasteiger charge is -2.15. The van der Waals surface area contributed by atoms with Gasteiger partial charge in [-0.05, 0) is 0 Å². The molecule has 0 aromatic heterocycles. The molecular formula is C2H3F4NO2S. The highest BCUT2D eigenvalue weighted by atomic mass is 32.2. The van der Waals surface area contributed by atoms with E-state index in [4.69, 9.17) is 0 Å². The van der Waals surface area contributed by atoms with E-state index in [1.807, 2.05) is 0 Å². The molecule has 2 N–H and O–H groups in total. The summed E-state index contributed by atoms with van der Waals surface area (Å²) in [6, 6.07) is 0. The van der Waals surface area contributed by atoms with Crippen LogP contribution in [-0.2, 0) is 10.7 Å². The van der Waals surface area contributed by atoms with Crippen molar-refractivity contribution in [1.82, 2.24) is 0 Å². The molecule has 0 aliphatic rings. The minimum atomic E-state index is -5.57. The van der Waals surface area contributed by atoms with Crippen LogP contribution in [0.25, 0.3) is 0 Å². The van der Waals surface area contributed by atoms with Crippen LogP contribution in [-0.4, -0.2) is 19.7 Å². The van der Waals surface area contributed by atoms with E-state index in [2.05, 4.69) is 5.73 Å². The Bertz CT molecular complexity index is 186. The number of alkyl halides is 4. The van der Waals surface area contributed by atoms with Crippen LogP contribution in [0.5, 0.6) is 0 Å². The molecule has 0 saturated carbocycles. The topological polar surface area (TPSA) is 60.2 Å². The van der Waals surface area contributed by atoms with Crippen LogP contribution in [0.4, 0.5) is 17.6 Å². The summed E-state index contributed by atoms with van der Waals surface area (Å²) in [7, 11) is -4.35. The molecule has 0 aromatic rings. The maximum absolute atomic E-state index is 11.8. The quantitative estimate of drug-likeness (QED) is 0.333. The van der Waals surface area contributed by atoms with Gasteiger partial charge in [-0.1, -0.05) is 0 Å². The standard InChI is InChI=1S/C2H3F4NO2S/c3-1(4,5)2(6,7)10(8)9/h10H,7H2. The molecule has 0 fully saturated rings. The molecule has 0 bridgehead atoms.